The molecule has 3 rings (SSSR count). The van der Waals surface area contributed by atoms with E-state index in [1.165, 1.54) is 0 Å². The number of aromatic nitrogens is 1. The Morgan fingerprint density at radius 2 is 2.05 bits per heavy atom. The second-order valence-corrected chi connectivity index (χ2v) is 5.94. The van der Waals surface area contributed by atoms with E-state index in [0.29, 0.717) is 0 Å². The lowest BCUT2D eigenvalue weighted by Crippen LogP contribution is -2.22. The van der Waals surface area contributed by atoms with Crippen LogP contribution in [0.3, 0.4) is 0 Å². The van der Waals surface area contributed by atoms with E-state index in [2.05, 4.69) is 10.3 Å². The third-order valence-electron chi connectivity index (χ3n) is 4.26. The quantitative estimate of drug-likeness (QED) is 0.781. The molecule has 1 amide bonds. The summed E-state index contributed by atoms with van der Waals surface area (Å²) in [7, 11) is 0. The molecule has 1 aromatic carbocycles. The molecule has 2 heterocycles. The predicted molar refractivity (Wildman–Crippen MR) is 88.2 cm³/mol. The zero-order valence-corrected chi connectivity index (χ0v) is 12.8. The zero-order valence-electron chi connectivity index (χ0n) is 12.8. The number of amides is 1. The highest BCUT2D eigenvalue weighted by Crippen LogP contribution is 2.30. The normalized spacial score (nSPS) is 22.0. The molecule has 22 heavy (non-hydrogen) atoms. The number of anilines is 1. The van der Waals surface area contributed by atoms with Gasteiger partial charge in [-0.05, 0) is 36.6 Å². The number of rotatable bonds is 0. The average Bonchev–Trinajstić information content (AvgIpc) is 2.54. The molecule has 2 bridgehead atoms. The van der Waals surface area contributed by atoms with Crippen LogP contribution in [0, 0.1) is 5.92 Å². The molecule has 2 atom stereocenters. The van der Waals surface area contributed by atoms with Gasteiger partial charge in [0.25, 0.3) is 0 Å². The van der Waals surface area contributed by atoms with Gasteiger partial charge in [-0.3, -0.25) is 9.78 Å². The summed E-state index contributed by atoms with van der Waals surface area (Å²) < 4.78 is 0. The van der Waals surface area contributed by atoms with Crippen LogP contribution in [0.25, 0.3) is 11.1 Å². The van der Waals surface area contributed by atoms with Gasteiger partial charge >= 0.3 is 0 Å². The van der Waals surface area contributed by atoms with Crippen molar-refractivity contribution in [2.24, 2.45) is 11.7 Å². The zero-order chi connectivity index (χ0) is 15.5. The van der Waals surface area contributed by atoms with E-state index in [1.807, 2.05) is 43.3 Å². The minimum atomic E-state index is -0.0817. The number of para-hydroxylation sites is 1. The van der Waals surface area contributed by atoms with Crippen LogP contribution in [0.1, 0.15) is 37.9 Å². The minimum absolute atomic E-state index is 0.0222. The predicted octanol–water partition coefficient (Wildman–Crippen LogP) is 3.51. The maximum absolute atomic E-state index is 12.3. The smallest absolute Gasteiger partial charge is 0.227 e. The van der Waals surface area contributed by atoms with Crippen molar-refractivity contribution in [2.45, 2.75) is 32.2 Å². The van der Waals surface area contributed by atoms with Crippen LogP contribution in [0.2, 0.25) is 0 Å². The SMILES string of the molecule is CC1CCCC(N)c2cc(ccn2)-c2ccccc2NC1=O. The number of pyridine rings is 1. The topological polar surface area (TPSA) is 68.0 Å². The van der Waals surface area contributed by atoms with Crippen molar-refractivity contribution >= 4 is 11.6 Å². The van der Waals surface area contributed by atoms with Crippen LogP contribution in [-0.2, 0) is 4.79 Å². The number of benzene rings is 1. The first-order valence-electron chi connectivity index (χ1n) is 7.77. The van der Waals surface area contributed by atoms with Crippen molar-refractivity contribution in [1.29, 1.82) is 0 Å². The Hall–Kier alpha value is -2.20. The number of fused-ring (bicyclic) bond motifs is 4. The minimum Gasteiger partial charge on any atom is -0.325 e. The van der Waals surface area contributed by atoms with Crippen LogP contribution in [0.4, 0.5) is 5.69 Å². The van der Waals surface area contributed by atoms with Gasteiger partial charge in [0.05, 0.1) is 5.69 Å². The van der Waals surface area contributed by atoms with Crippen LogP contribution < -0.4 is 11.1 Å². The fourth-order valence-corrected chi connectivity index (χ4v) is 2.84. The van der Waals surface area contributed by atoms with E-state index >= 15 is 0 Å². The molecule has 2 aromatic rings. The van der Waals surface area contributed by atoms with Gasteiger partial charge in [0.2, 0.25) is 5.91 Å². The number of nitrogens with one attached hydrogen (secondary N) is 1. The molecule has 0 spiro atoms. The van der Waals surface area contributed by atoms with E-state index in [1.54, 1.807) is 6.20 Å². The number of nitrogens with two attached hydrogens (primary N) is 1. The Balaban J connectivity index is 2.09. The molecule has 0 aliphatic carbocycles. The molecule has 1 aromatic heterocycles. The highest BCUT2D eigenvalue weighted by atomic mass is 16.1. The molecular formula is C18H21N3O. The van der Waals surface area contributed by atoms with Gasteiger partial charge in [0, 0.05) is 29.4 Å². The lowest BCUT2D eigenvalue weighted by Gasteiger charge is -2.19. The van der Waals surface area contributed by atoms with E-state index < -0.39 is 0 Å². The highest BCUT2D eigenvalue weighted by Gasteiger charge is 2.18. The Morgan fingerprint density at radius 1 is 1.23 bits per heavy atom. The molecule has 1 aliphatic heterocycles. The maximum atomic E-state index is 12.3. The maximum Gasteiger partial charge on any atom is 0.227 e. The number of nitrogens with zero attached hydrogens (tertiary/aromatic N) is 1. The molecule has 0 radical (unpaired) electrons. The van der Waals surface area contributed by atoms with Crippen LogP contribution in [0.15, 0.2) is 42.6 Å². The summed E-state index contributed by atoms with van der Waals surface area (Å²) >= 11 is 0. The summed E-state index contributed by atoms with van der Waals surface area (Å²) in [4.78, 5) is 16.8. The molecule has 2 unspecified atom stereocenters. The summed E-state index contributed by atoms with van der Waals surface area (Å²) in [6, 6.07) is 11.8. The van der Waals surface area contributed by atoms with Gasteiger partial charge in [0.1, 0.15) is 0 Å². The lowest BCUT2D eigenvalue weighted by atomic mass is 9.96. The molecule has 114 valence electrons. The molecular weight excluding hydrogens is 274 g/mol. The number of hydrogen-bond acceptors (Lipinski definition) is 3. The number of carbonyl (C=O) groups is 1. The molecule has 4 nitrogen and oxygen atoms in total. The van der Waals surface area contributed by atoms with Crippen molar-refractivity contribution in [2.75, 3.05) is 5.32 Å². The average molecular weight is 295 g/mol. The number of hydrogen-bond donors (Lipinski definition) is 2. The molecule has 4 heteroatoms. The van der Waals surface area contributed by atoms with Gasteiger partial charge in [-0.15, -0.1) is 0 Å². The summed E-state index contributed by atoms with van der Waals surface area (Å²) in [5, 5.41) is 3.06. The van der Waals surface area contributed by atoms with Crippen LogP contribution in [-0.4, -0.2) is 10.9 Å². The lowest BCUT2D eigenvalue weighted by molar-refractivity contribution is -0.119. The molecule has 0 fully saturated rings. The largest absolute Gasteiger partial charge is 0.325 e. The van der Waals surface area contributed by atoms with Gasteiger partial charge in [0.15, 0.2) is 0 Å². The number of carbonyl (C=O) groups excluding carboxylic acids is 1. The van der Waals surface area contributed by atoms with Gasteiger partial charge in [-0.1, -0.05) is 31.5 Å². The summed E-state index contributed by atoms with van der Waals surface area (Å²) in [5.74, 6) is 0.0434. The fraction of sp³-hybridized carbons (Fsp3) is 0.333. The summed E-state index contributed by atoms with van der Waals surface area (Å²) in [6.45, 7) is 1.97. The Morgan fingerprint density at radius 3 is 2.91 bits per heavy atom. The van der Waals surface area contributed by atoms with Crippen LogP contribution in [0.5, 0.6) is 0 Å². The standard InChI is InChI=1S/C18H21N3O/c1-12-5-4-7-15(19)17-11-13(9-10-20-17)14-6-2-3-8-16(14)21-18(12)22/h2-3,6,8-12,15H,4-5,7,19H2,1H3,(H,21,22). The first-order chi connectivity index (χ1) is 10.6. The Labute approximate surface area is 130 Å². The Bertz CT molecular complexity index is 684. The van der Waals surface area contributed by atoms with Gasteiger partial charge < -0.3 is 11.1 Å². The van der Waals surface area contributed by atoms with E-state index in [9.17, 15) is 4.79 Å². The molecule has 3 N–H and O–H groups in total. The van der Waals surface area contributed by atoms with E-state index in [-0.39, 0.29) is 17.9 Å². The summed E-state index contributed by atoms with van der Waals surface area (Å²) in [5.41, 5.74) is 10.0. The third kappa shape index (κ3) is 3.02. The van der Waals surface area contributed by atoms with Crippen molar-refractivity contribution in [3.05, 3.63) is 48.3 Å². The fourth-order valence-electron chi connectivity index (χ4n) is 2.84. The van der Waals surface area contributed by atoms with Gasteiger partial charge in [-0.25, -0.2) is 0 Å². The first-order valence-corrected chi connectivity index (χ1v) is 7.77. The summed E-state index contributed by atoms with van der Waals surface area (Å²) in [6.07, 6.45) is 4.39. The van der Waals surface area contributed by atoms with E-state index in [4.69, 9.17) is 5.73 Å². The first kappa shape index (κ1) is 14.7. The second kappa shape index (κ2) is 6.28. The highest BCUT2D eigenvalue weighted by molar-refractivity contribution is 5.96. The van der Waals surface area contributed by atoms with E-state index in [0.717, 1.165) is 41.8 Å². The van der Waals surface area contributed by atoms with Crippen LogP contribution >= 0.6 is 0 Å². The Kier molecular flexibility index (Phi) is 4.20. The molecule has 0 saturated heterocycles. The van der Waals surface area contributed by atoms with Crippen molar-refractivity contribution in [3.63, 3.8) is 0 Å². The van der Waals surface area contributed by atoms with Crippen molar-refractivity contribution in [1.82, 2.24) is 4.98 Å². The monoisotopic (exact) mass is 295 g/mol. The van der Waals surface area contributed by atoms with Crippen molar-refractivity contribution < 1.29 is 4.79 Å². The second-order valence-electron chi connectivity index (χ2n) is 5.94. The van der Waals surface area contributed by atoms with Crippen molar-refractivity contribution in [3.8, 4) is 11.1 Å². The molecule has 1 aliphatic rings. The van der Waals surface area contributed by atoms with Gasteiger partial charge in [-0.2, -0.15) is 0 Å². The molecule has 0 saturated carbocycles. The third-order valence-corrected chi connectivity index (χ3v) is 4.26.